The lowest BCUT2D eigenvalue weighted by Gasteiger charge is -2.29. The highest BCUT2D eigenvalue weighted by Gasteiger charge is 2.31. The van der Waals surface area contributed by atoms with E-state index in [4.69, 9.17) is 15.2 Å². The number of carbonyl (C=O) groups is 2. The van der Waals surface area contributed by atoms with Gasteiger partial charge in [-0.15, -0.1) is 0 Å². The Balaban J connectivity index is 1.39. The summed E-state index contributed by atoms with van der Waals surface area (Å²) in [6, 6.07) is 34.4. The smallest absolute Gasteiger partial charge is 0.412 e. The van der Waals surface area contributed by atoms with E-state index >= 15 is 0 Å². The van der Waals surface area contributed by atoms with Crippen molar-refractivity contribution in [3.8, 4) is 11.5 Å². The summed E-state index contributed by atoms with van der Waals surface area (Å²) in [4.78, 5) is 26.0. The molecular weight excluding hydrogens is 634 g/mol. The lowest BCUT2D eigenvalue weighted by atomic mass is 9.99. The third kappa shape index (κ3) is 8.43. The summed E-state index contributed by atoms with van der Waals surface area (Å²) >= 11 is 3.47. The van der Waals surface area contributed by atoms with Crippen LogP contribution in [0.1, 0.15) is 24.5 Å². The van der Waals surface area contributed by atoms with E-state index in [0.717, 1.165) is 10.8 Å². The van der Waals surface area contributed by atoms with Gasteiger partial charge in [0.25, 0.3) is 0 Å². The number of nitrogens with one attached hydrogen (secondary N) is 2. The molecule has 5 aromatic rings. The number of rotatable bonds is 11. The summed E-state index contributed by atoms with van der Waals surface area (Å²) in [7, 11) is 0. The number of nitrogens with two attached hydrogens (primary N) is 1. The molecule has 0 bridgehead atoms. The van der Waals surface area contributed by atoms with Crippen LogP contribution in [0.3, 0.4) is 0 Å². The fraction of sp³-hybridized carbons (Fsp3) is 0.111. The standard InChI is InChI=1S/C36H32BrN3O5/c37-25-21-22-32(41)28(23-25)35(45-36(43)40-30-18-10-12-24-11-4-5-15-27(24)30)33(44-26-13-2-1-3-14-26)19-8-9-20-34(42)39-31-17-7-6-16-29(31)38/h1-7,9-18,20-23,33,35,41H,8,19,38H2,(H,39,42)(H,40,43)/b20-9+/t33-,35-/m1/s1. The quantitative estimate of drug-likeness (QED) is 0.0827. The van der Waals surface area contributed by atoms with Crippen molar-refractivity contribution in [1.82, 2.24) is 0 Å². The van der Waals surface area contributed by atoms with E-state index in [0.29, 0.717) is 45.7 Å². The number of anilines is 3. The SMILES string of the molecule is Nc1ccccc1NC(=O)/C=C/CC[C@@H](Oc1ccccc1)[C@H](OC(=O)Nc1cccc2ccccc12)c1cc(Br)ccc1O. The van der Waals surface area contributed by atoms with Crippen molar-refractivity contribution < 1.29 is 24.2 Å². The normalized spacial score (nSPS) is 12.4. The molecule has 5 N–H and O–H groups in total. The van der Waals surface area contributed by atoms with Gasteiger partial charge >= 0.3 is 6.09 Å². The largest absolute Gasteiger partial charge is 0.508 e. The highest BCUT2D eigenvalue weighted by atomic mass is 79.9. The van der Waals surface area contributed by atoms with Gasteiger partial charge in [-0.25, -0.2) is 4.79 Å². The lowest BCUT2D eigenvalue weighted by molar-refractivity contribution is -0.111. The van der Waals surface area contributed by atoms with Gasteiger partial charge in [-0.2, -0.15) is 0 Å². The summed E-state index contributed by atoms with van der Waals surface area (Å²) in [5.41, 5.74) is 7.87. The molecule has 0 radical (unpaired) electrons. The predicted molar refractivity (Wildman–Crippen MR) is 181 cm³/mol. The predicted octanol–water partition coefficient (Wildman–Crippen LogP) is 8.60. The molecule has 0 aliphatic heterocycles. The molecule has 8 nitrogen and oxygen atoms in total. The molecule has 45 heavy (non-hydrogen) atoms. The number of hydrogen-bond donors (Lipinski definition) is 4. The van der Waals surface area contributed by atoms with Crippen molar-refractivity contribution in [2.45, 2.75) is 25.0 Å². The molecule has 0 aromatic heterocycles. The lowest BCUT2D eigenvalue weighted by Crippen LogP contribution is -2.31. The van der Waals surface area contributed by atoms with Gasteiger partial charge in [-0.3, -0.25) is 10.1 Å². The molecule has 0 saturated carbocycles. The van der Waals surface area contributed by atoms with Gasteiger partial charge in [0.1, 0.15) is 17.6 Å². The molecule has 5 rings (SSSR count). The van der Waals surface area contributed by atoms with Crippen LogP contribution >= 0.6 is 15.9 Å². The fourth-order valence-corrected chi connectivity index (χ4v) is 5.24. The second kappa shape index (κ2) is 14.9. The first-order chi connectivity index (χ1) is 21.9. The minimum absolute atomic E-state index is 0.0572. The van der Waals surface area contributed by atoms with Gasteiger partial charge in [-0.05, 0) is 72.8 Å². The maximum Gasteiger partial charge on any atom is 0.412 e. The summed E-state index contributed by atoms with van der Waals surface area (Å²) < 4.78 is 13.1. The van der Waals surface area contributed by atoms with Crippen LogP contribution in [0.15, 0.2) is 132 Å². The molecule has 0 fully saturated rings. The minimum Gasteiger partial charge on any atom is -0.508 e. The fourth-order valence-electron chi connectivity index (χ4n) is 4.86. The van der Waals surface area contributed by atoms with E-state index in [2.05, 4.69) is 26.6 Å². The number of aromatic hydroxyl groups is 1. The Morgan fingerprint density at radius 3 is 2.38 bits per heavy atom. The molecule has 0 heterocycles. The first-order valence-corrected chi connectivity index (χ1v) is 15.1. The van der Waals surface area contributed by atoms with Crippen LogP contribution in [0, 0.1) is 0 Å². The molecule has 0 unspecified atom stereocenters. The van der Waals surface area contributed by atoms with Crippen molar-refractivity contribution in [1.29, 1.82) is 0 Å². The second-order valence-electron chi connectivity index (χ2n) is 10.2. The van der Waals surface area contributed by atoms with Crippen LogP contribution in [0.25, 0.3) is 10.8 Å². The van der Waals surface area contributed by atoms with Crippen molar-refractivity contribution in [2.75, 3.05) is 16.4 Å². The number of ether oxygens (including phenoxy) is 2. The maximum absolute atomic E-state index is 13.5. The van der Waals surface area contributed by atoms with Crippen molar-refractivity contribution in [3.63, 3.8) is 0 Å². The van der Waals surface area contributed by atoms with Gasteiger partial charge in [0.05, 0.1) is 17.1 Å². The van der Waals surface area contributed by atoms with Gasteiger partial charge in [0, 0.05) is 15.4 Å². The first kappa shape index (κ1) is 31.2. The third-order valence-electron chi connectivity index (χ3n) is 7.03. The van der Waals surface area contributed by atoms with Crippen LogP contribution < -0.4 is 21.1 Å². The Morgan fingerprint density at radius 1 is 0.844 bits per heavy atom. The second-order valence-corrected chi connectivity index (χ2v) is 11.1. The van der Waals surface area contributed by atoms with Crippen molar-refractivity contribution in [3.05, 3.63) is 137 Å². The highest BCUT2D eigenvalue weighted by Crippen LogP contribution is 2.36. The topological polar surface area (TPSA) is 123 Å². The number of hydrogen-bond acceptors (Lipinski definition) is 6. The van der Waals surface area contributed by atoms with E-state index in [-0.39, 0.29) is 11.7 Å². The van der Waals surface area contributed by atoms with E-state index < -0.39 is 18.3 Å². The van der Waals surface area contributed by atoms with Crippen LogP contribution in [0.5, 0.6) is 11.5 Å². The zero-order valence-corrected chi connectivity index (χ0v) is 25.8. The van der Waals surface area contributed by atoms with Crippen LogP contribution in [0.4, 0.5) is 21.9 Å². The molecule has 2 amide bonds. The summed E-state index contributed by atoms with van der Waals surface area (Å²) in [6.07, 6.45) is 1.38. The molecule has 0 spiro atoms. The van der Waals surface area contributed by atoms with Gasteiger partial charge in [0.15, 0.2) is 6.10 Å². The number of phenols is 1. The van der Waals surface area contributed by atoms with Crippen LogP contribution in [0.2, 0.25) is 0 Å². The monoisotopic (exact) mass is 665 g/mol. The van der Waals surface area contributed by atoms with Gasteiger partial charge in [0.2, 0.25) is 5.91 Å². The summed E-state index contributed by atoms with van der Waals surface area (Å²) in [5, 5.41) is 18.4. The number of benzene rings is 5. The van der Waals surface area contributed by atoms with Crippen molar-refractivity contribution >= 4 is 55.8 Å². The average Bonchev–Trinajstić information content (AvgIpc) is 3.04. The van der Waals surface area contributed by atoms with Crippen LogP contribution in [-0.4, -0.2) is 23.2 Å². The Labute approximate surface area is 269 Å². The zero-order chi connectivity index (χ0) is 31.6. The number of nitrogen functional groups attached to an aromatic ring is 1. The van der Waals surface area contributed by atoms with Crippen molar-refractivity contribution in [2.24, 2.45) is 0 Å². The molecule has 2 atom stereocenters. The van der Waals surface area contributed by atoms with E-state index in [1.54, 1.807) is 60.7 Å². The molecule has 0 saturated heterocycles. The first-order valence-electron chi connectivity index (χ1n) is 14.3. The highest BCUT2D eigenvalue weighted by molar-refractivity contribution is 9.10. The summed E-state index contributed by atoms with van der Waals surface area (Å²) in [5.74, 6) is 0.167. The van der Waals surface area contributed by atoms with Gasteiger partial charge < -0.3 is 25.6 Å². The Bertz CT molecular complexity index is 1810. The molecule has 0 aliphatic rings. The number of halogens is 1. The number of phenolic OH excluding ortho intramolecular Hbond substituents is 1. The Kier molecular flexibility index (Phi) is 10.3. The maximum atomic E-state index is 13.5. The molecular formula is C36H32BrN3O5. The van der Waals surface area contributed by atoms with Crippen LogP contribution in [-0.2, 0) is 9.53 Å². The average molecular weight is 667 g/mol. The number of para-hydroxylation sites is 3. The third-order valence-corrected chi connectivity index (χ3v) is 7.52. The number of amides is 2. The molecule has 5 aromatic carbocycles. The number of fused-ring (bicyclic) bond motifs is 1. The van der Waals surface area contributed by atoms with E-state index in [9.17, 15) is 14.7 Å². The van der Waals surface area contributed by atoms with E-state index in [1.165, 1.54) is 12.1 Å². The Hall–Kier alpha value is -5.28. The van der Waals surface area contributed by atoms with E-state index in [1.807, 2.05) is 54.6 Å². The number of carbonyl (C=O) groups excluding carboxylic acids is 2. The molecule has 9 heteroatoms. The zero-order valence-electron chi connectivity index (χ0n) is 24.2. The minimum atomic E-state index is -1.02. The number of allylic oxidation sites excluding steroid dienone is 1. The Morgan fingerprint density at radius 2 is 1.56 bits per heavy atom. The molecule has 228 valence electrons. The molecule has 0 aliphatic carbocycles. The van der Waals surface area contributed by atoms with Gasteiger partial charge in [-0.1, -0.05) is 88.7 Å². The summed E-state index contributed by atoms with van der Waals surface area (Å²) in [6.45, 7) is 0.